The molecule has 0 radical (unpaired) electrons. The van der Waals surface area contributed by atoms with Crippen LogP contribution in [-0.4, -0.2) is 4.98 Å². The van der Waals surface area contributed by atoms with Gasteiger partial charge in [-0.1, -0.05) is 92.2 Å². The molecule has 0 bridgehead atoms. The molecule has 1 aliphatic rings. The normalized spacial score (nSPS) is 13.4. The van der Waals surface area contributed by atoms with E-state index in [1.54, 1.807) is 5.57 Å². The summed E-state index contributed by atoms with van der Waals surface area (Å²) in [4.78, 5) is 4.99. The van der Waals surface area contributed by atoms with Crippen LogP contribution in [0.25, 0.3) is 5.57 Å². The van der Waals surface area contributed by atoms with Gasteiger partial charge >= 0.3 is 0 Å². The number of aryl methyl sites for hydroxylation is 1. The second-order valence-electron chi connectivity index (χ2n) is 8.98. The Morgan fingerprint density at radius 1 is 0.774 bits per heavy atom. The van der Waals surface area contributed by atoms with Gasteiger partial charge in [0.2, 0.25) is 0 Å². The zero-order valence-electron chi connectivity index (χ0n) is 18.9. The lowest BCUT2D eigenvalue weighted by atomic mass is 9.98. The van der Waals surface area contributed by atoms with Crippen LogP contribution >= 0.6 is 0 Å². The number of pyridine rings is 1. The molecule has 4 rings (SSSR count). The highest BCUT2D eigenvalue weighted by molar-refractivity contribution is 5.70. The fourth-order valence-corrected chi connectivity index (χ4v) is 4.28. The highest BCUT2D eigenvalue weighted by atomic mass is 14.7. The average molecular weight is 408 g/mol. The Morgan fingerprint density at radius 3 is 2.39 bits per heavy atom. The van der Waals surface area contributed by atoms with Crippen LogP contribution in [0.4, 0.5) is 0 Å². The number of hydrogen-bond acceptors (Lipinski definition) is 1. The number of unbranched alkanes of at least 4 members (excludes halogenated alkanes) is 1. The SMILES string of the molecule is CC(C)c1cccc(Cc2cccc(C3=CC=C(CCCCc4ccccc4)C3)n2)c1. The zero-order chi connectivity index (χ0) is 21.5. The quantitative estimate of drug-likeness (QED) is 0.328. The molecule has 0 amide bonds. The summed E-state index contributed by atoms with van der Waals surface area (Å²) in [5.74, 6) is 0.556. The van der Waals surface area contributed by atoms with E-state index in [0.29, 0.717) is 5.92 Å². The van der Waals surface area contributed by atoms with Gasteiger partial charge in [-0.05, 0) is 72.4 Å². The molecule has 2 aromatic carbocycles. The van der Waals surface area contributed by atoms with E-state index in [2.05, 4.69) is 98.8 Å². The first kappa shape index (κ1) is 21.3. The smallest absolute Gasteiger partial charge is 0.0668 e. The van der Waals surface area contributed by atoms with Gasteiger partial charge in [0.25, 0.3) is 0 Å². The predicted octanol–water partition coefficient (Wildman–Crippen LogP) is 7.92. The third kappa shape index (κ3) is 6.04. The van der Waals surface area contributed by atoms with E-state index in [-0.39, 0.29) is 0 Å². The lowest BCUT2D eigenvalue weighted by Crippen LogP contribution is -1.97. The van der Waals surface area contributed by atoms with Crippen molar-refractivity contribution in [2.24, 2.45) is 0 Å². The Bertz CT molecular complexity index is 1060. The Hall–Kier alpha value is -2.93. The summed E-state index contributed by atoms with van der Waals surface area (Å²) in [6.07, 6.45) is 11.4. The minimum absolute atomic E-state index is 0.556. The molecule has 1 heteroatoms. The third-order valence-corrected chi connectivity index (χ3v) is 6.13. The first-order valence-electron chi connectivity index (χ1n) is 11.6. The number of benzene rings is 2. The molecular weight excluding hydrogens is 374 g/mol. The summed E-state index contributed by atoms with van der Waals surface area (Å²) in [5.41, 5.74) is 9.36. The van der Waals surface area contributed by atoms with Gasteiger partial charge < -0.3 is 0 Å². The van der Waals surface area contributed by atoms with Crippen LogP contribution in [0.2, 0.25) is 0 Å². The molecule has 0 spiro atoms. The maximum Gasteiger partial charge on any atom is 0.0668 e. The van der Waals surface area contributed by atoms with Crippen LogP contribution in [-0.2, 0) is 12.8 Å². The summed E-state index contributed by atoms with van der Waals surface area (Å²) in [6, 6.07) is 26.2. The molecule has 0 atom stereocenters. The Balaban J connectivity index is 1.29. The maximum absolute atomic E-state index is 4.99. The van der Waals surface area contributed by atoms with Crippen molar-refractivity contribution in [3.05, 3.63) is 119 Å². The lowest BCUT2D eigenvalue weighted by molar-refractivity contribution is 0.725. The second-order valence-corrected chi connectivity index (χ2v) is 8.98. The van der Waals surface area contributed by atoms with Gasteiger partial charge in [0.1, 0.15) is 0 Å². The highest BCUT2D eigenvalue weighted by Gasteiger charge is 2.12. The second kappa shape index (κ2) is 10.4. The molecule has 3 aromatic rings. The zero-order valence-corrected chi connectivity index (χ0v) is 18.9. The van der Waals surface area contributed by atoms with Crippen LogP contribution in [0.1, 0.15) is 73.5 Å². The van der Waals surface area contributed by atoms with Crippen molar-refractivity contribution >= 4 is 5.57 Å². The first-order valence-corrected chi connectivity index (χ1v) is 11.6. The van der Waals surface area contributed by atoms with E-state index in [1.807, 2.05) is 0 Å². The van der Waals surface area contributed by atoms with Crippen molar-refractivity contribution in [3.63, 3.8) is 0 Å². The number of hydrogen-bond donors (Lipinski definition) is 0. The molecule has 0 N–H and O–H groups in total. The monoisotopic (exact) mass is 407 g/mol. The molecule has 0 unspecified atom stereocenters. The molecule has 0 saturated heterocycles. The Kier molecular flexibility index (Phi) is 7.14. The average Bonchev–Trinajstić information content (AvgIpc) is 3.27. The van der Waals surface area contributed by atoms with Gasteiger partial charge in [-0.25, -0.2) is 0 Å². The molecule has 1 aliphatic carbocycles. The van der Waals surface area contributed by atoms with Crippen LogP contribution in [0.3, 0.4) is 0 Å². The van der Waals surface area contributed by atoms with Gasteiger partial charge in [0.05, 0.1) is 5.69 Å². The van der Waals surface area contributed by atoms with E-state index in [4.69, 9.17) is 4.98 Å². The number of nitrogens with zero attached hydrogens (tertiary/aromatic N) is 1. The summed E-state index contributed by atoms with van der Waals surface area (Å²) < 4.78 is 0. The molecule has 0 aliphatic heterocycles. The minimum Gasteiger partial charge on any atom is -0.253 e. The van der Waals surface area contributed by atoms with E-state index in [9.17, 15) is 0 Å². The molecule has 0 saturated carbocycles. The molecule has 1 heterocycles. The summed E-state index contributed by atoms with van der Waals surface area (Å²) in [7, 11) is 0. The van der Waals surface area contributed by atoms with Gasteiger partial charge in [-0.3, -0.25) is 4.98 Å². The van der Waals surface area contributed by atoms with Gasteiger partial charge in [0.15, 0.2) is 0 Å². The summed E-state index contributed by atoms with van der Waals surface area (Å²) in [6.45, 7) is 4.49. The standard InChI is InChI=1S/C30H33N/c1-23(2)27-15-8-14-26(21-27)22-29-16-9-17-30(31-29)28-19-18-25(20-28)13-7-6-12-24-10-4-3-5-11-24/h3-5,8-11,14-19,21,23H,6-7,12-13,20,22H2,1-2H3. The molecule has 1 aromatic heterocycles. The van der Waals surface area contributed by atoms with Crippen molar-refractivity contribution < 1.29 is 0 Å². The fourth-order valence-electron chi connectivity index (χ4n) is 4.28. The molecule has 31 heavy (non-hydrogen) atoms. The van der Waals surface area contributed by atoms with Crippen LogP contribution in [0.5, 0.6) is 0 Å². The highest BCUT2D eigenvalue weighted by Crippen LogP contribution is 2.30. The van der Waals surface area contributed by atoms with Crippen LogP contribution in [0.15, 0.2) is 90.5 Å². The minimum atomic E-state index is 0.556. The number of allylic oxidation sites excluding steroid dienone is 4. The third-order valence-electron chi connectivity index (χ3n) is 6.13. The topological polar surface area (TPSA) is 12.9 Å². The van der Waals surface area contributed by atoms with Crippen molar-refractivity contribution in [1.29, 1.82) is 0 Å². The van der Waals surface area contributed by atoms with E-state index >= 15 is 0 Å². The fraction of sp³-hybridized carbons (Fsp3) is 0.300. The van der Waals surface area contributed by atoms with Gasteiger partial charge in [-0.2, -0.15) is 0 Å². The van der Waals surface area contributed by atoms with Gasteiger partial charge in [0, 0.05) is 12.1 Å². The first-order chi connectivity index (χ1) is 15.2. The molecule has 158 valence electrons. The van der Waals surface area contributed by atoms with Crippen molar-refractivity contribution in [2.45, 2.75) is 58.3 Å². The van der Waals surface area contributed by atoms with Crippen LogP contribution < -0.4 is 0 Å². The Morgan fingerprint density at radius 2 is 1.55 bits per heavy atom. The van der Waals surface area contributed by atoms with Gasteiger partial charge in [-0.15, -0.1) is 0 Å². The van der Waals surface area contributed by atoms with Crippen LogP contribution in [0, 0.1) is 0 Å². The van der Waals surface area contributed by atoms with Crippen molar-refractivity contribution in [2.75, 3.05) is 0 Å². The summed E-state index contributed by atoms with van der Waals surface area (Å²) in [5, 5.41) is 0. The largest absolute Gasteiger partial charge is 0.253 e. The number of rotatable bonds is 9. The van der Waals surface area contributed by atoms with Crippen molar-refractivity contribution in [1.82, 2.24) is 4.98 Å². The molecular formula is C30H33N. The van der Waals surface area contributed by atoms with E-state index < -0.39 is 0 Å². The summed E-state index contributed by atoms with van der Waals surface area (Å²) >= 11 is 0. The van der Waals surface area contributed by atoms with Crippen molar-refractivity contribution in [3.8, 4) is 0 Å². The lowest BCUT2D eigenvalue weighted by Gasteiger charge is -2.10. The molecule has 0 fully saturated rings. The van der Waals surface area contributed by atoms with E-state index in [0.717, 1.165) is 24.2 Å². The van der Waals surface area contributed by atoms with E-state index in [1.165, 1.54) is 47.9 Å². The predicted molar refractivity (Wildman–Crippen MR) is 132 cm³/mol. The maximum atomic E-state index is 4.99. The molecule has 1 nitrogen and oxygen atoms in total. The Labute approximate surface area is 187 Å². The number of aromatic nitrogens is 1.